The average Bonchev–Trinajstić information content (AvgIpc) is 0.688. The van der Waals surface area contributed by atoms with E-state index < -0.39 is 0 Å². The van der Waals surface area contributed by atoms with E-state index in [1.807, 2.05) is 0 Å². The van der Waals surface area contributed by atoms with Gasteiger partial charge < -0.3 is 9.80 Å². The minimum atomic E-state index is -0.296. The van der Waals surface area contributed by atoms with Crippen LogP contribution >= 0.6 is 0 Å². The molecule has 0 amide bonds. The molecule has 0 bridgehead atoms. The van der Waals surface area contributed by atoms with Crippen LogP contribution in [0.5, 0.6) is 0 Å². The molecule has 2 aliphatic rings. The first kappa shape index (κ1) is 56.5. The Balaban J connectivity index is 1.21. The number of hydrogen-bond donors (Lipinski definition) is 0. The number of benzene rings is 12. The summed E-state index contributed by atoms with van der Waals surface area (Å²) < 4.78 is 19.5. The van der Waals surface area contributed by atoms with Gasteiger partial charge in [0.25, 0.3) is 6.71 Å². The van der Waals surface area contributed by atoms with Gasteiger partial charge in [0.2, 0.25) is 0 Å². The van der Waals surface area contributed by atoms with Crippen LogP contribution in [0.3, 0.4) is 0 Å². The Bertz CT molecular complexity index is 4460. The molecule has 2 heterocycles. The fourth-order valence-electron chi connectivity index (χ4n) is 14.0. The maximum atomic E-state index is 9.75. The topological polar surface area (TPSA) is 6.48 Å². The third-order valence-electron chi connectivity index (χ3n) is 18.9. The van der Waals surface area contributed by atoms with Crippen molar-refractivity contribution in [3.63, 3.8) is 0 Å². The summed E-state index contributed by atoms with van der Waals surface area (Å²) in [6.45, 7) is 27.5. The Labute approximate surface area is 544 Å². The van der Waals surface area contributed by atoms with Crippen LogP contribution in [-0.2, 0) is 21.7 Å². The molecule has 12 aromatic rings. The fourth-order valence-corrected chi connectivity index (χ4v) is 14.0. The van der Waals surface area contributed by atoms with Crippen molar-refractivity contribution in [1.29, 1.82) is 0 Å². The third kappa shape index (κ3) is 10.8. The molecular formula is C88H81BN2. The zero-order valence-electron chi connectivity index (χ0n) is 56.8. The first-order valence-corrected chi connectivity index (χ1v) is 32.4. The standard InChI is InChI=1S/C88H81BN2/c1-85(2,3)67-39-25-37-62(51-67)64-45-49-78-76(53-64)89-77-54-65(63-38-26-40-68(52-63)86(4,5)6)46-50-79(77)91(84-73(60-33-21-15-22-34-60)43-28-44-74(84)61-35-23-16-24-36-61)81-56-66(70-48-47-69(87(7,8)9)57-75(70)88(10,11)12)55-80(82(81)89)90(78)83-71(58-29-17-13-18-30-58)41-27-42-72(83)59-31-19-14-20-32-59/h13-57H,1-12H3/i27D,28D. The lowest BCUT2D eigenvalue weighted by Gasteiger charge is -2.46. The normalized spacial score (nSPS) is 13.3. The van der Waals surface area contributed by atoms with Crippen molar-refractivity contribution in [1.82, 2.24) is 0 Å². The molecule has 0 unspecified atom stereocenters. The Morgan fingerprint density at radius 2 is 0.604 bits per heavy atom. The molecule has 0 aromatic heterocycles. The van der Waals surface area contributed by atoms with Gasteiger partial charge in [-0.15, -0.1) is 0 Å². The van der Waals surface area contributed by atoms with Gasteiger partial charge in [-0.25, -0.2) is 0 Å². The van der Waals surface area contributed by atoms with E-state index in [2.05, 4.69) is 354 Å². The van der Waals surface area contributed by atoms with Crippen LogP contribution in [0, 0.1) is 0 Å². The summed E-state index contributed by atoms with van der Waals surface area (Å²) in [5.41, 5.74) is 29.3. The van der Waals surface area contributed by atoms with Crippen LogP contribution < -0.4 is 26.2 Å². The van der Waals surface area contributed by atoms with Gasteiger partial charge in [-0.2, -0.15) is 0 Å². The molecule has 0 N–H and O–H groups in total. The Morgan fingerprint density at radius 1 is 0.264 bits per heavy atom. The van der Waals surface area contributed by atoms with Crippen molar-refractivity contribution in [3.05, 3.63) is 295 Å². The van der Waals surface area contributed by atoms with Crippen molar-refractivity contribution >= 4 is 57.2 Å². The molecule has 0 fully saturated rings. The van der Waals surface area contributed by atoms with E-state index in [9.17, 15) is 2.74 Å². The fraction of sp³-hybridized carbons (Fsp3) is 0.182. The van der Waals surface area contributed by atoms with Crippen molar-refractivity contribution in [2.24, 2.45) is 0 Å². The van der Waals surface area contributed by atoms with Gasteiger partial charge in [0.05, 0.1) is 14.1 Å². The molecule has 446 valence electrons. The first-order valence-electron chi connectivity index (χ1n) is 33.4. The number of rotatable bonds is 9. The van der Waals surface area contributed by atoms with Crippen LogP contribution in [0.15, 0.2) is 273 Å². The lowest BCUT2D eigenvalue weighted by molar-refractivity contribution is 0.570. The van der Waals surface area contributed by atoms with Gasteiger partial charge in [-0.3, -0.25) is 0 Å². The second-order valence-electron chi connectivity index (χ2n) is 29.2. The minimum Gasteiger partial charge on any atom is -0.310 e. The van der Waals surface area contributed by atoms with Crippen LogP contribution in [0.1, 0.15) is 108 Å². The van der Waals surface area contributed by atoms with Crippen LogP contribution in [0.2, 0.25) is 0 Å². The maximum Gasteiger partial charge on any atom is 0.252 e. The molecule has 14 rings (SSSR count). The monoisotopic (exact) mass is 1180 g/mol. The molecule has 3 heteroatoms. The molecule has 0 aliphatic carbocycles. The highest BCUT2D eigenvalue weighted by atomic mass is 15.2. The van der Waals surface area contributed by atoms with Crippen molar-refractivity contribution in [2.45, 2.75) is 105 Å². The summed E-state index contributed by atoms with van der Waals surface area (Å²) in [7, 11) is 0. The summed E-state index contributed by atoms with van der Waals surface area (Å²) in [5, 5.41) is 0. The molecular weight excluding hydrogens is 1100 g/mol. The van der Waals surface area contributed by atoms with Crippen LogP contribution in [-0.4, -0.2) is 6.71 Å². The molecule has 0 radical (unpaired) electrons. The summed E-state index contributed by atoms with van der Waals surface area (Å²) in [5.74, 6) is 0. The lowest BCUT2D eigenvalue weighted by Crippen LogP contribution is -2.61. The number of anilines is 6. The second kappa shape index (κ2) is 22.7. The highest BCUT2D eigenvalue weighted by Gasteiger charge is 2.46. The summed E-state index contributed by atoms with van der Waals surface area (Å²) in [6.07, 6.45) is 0. The predicted molar refractivity (Wildman–Crippen MR) is 393 cm³/mol. The van der Waals surface area contributed by atoms with Crippen molar-refractivity contribution in [3.8, 4) is 77.9 Å². The quantitative estimate of drug-likeness (QED) is 0.133. The van der Waals surface area contributed by atoms with Gasteiger partial charge in [0, 0.05) is 45.0 Å². The zero-order valence-corrected chi connectivity index (χ0v) is 54.8. The lowest BCUT2D eigenvalue weighted by atomic mass is 9.33. The SMILES string of the molecule is [2H]c1cc(-c2ccccc2)c(N2c3ccc(-c4cccc(C(C)(C)C)c4)cc3B3c4cc(-c5cccc(C(C)(C)C)c5)ccc4N(c4c(-c5ccccc5)cc([2H])cc4-c4ccccc4)c4cc(-c5ccc(C(C)(C)C)cc5C(C)(C)C)cc2c43)c(-c2ccccc2)c1. The van der Waals surface area contributed by atoms with Gasteiger partial charge >= 0.3 is 0 Å². The third-order valence-corrected chi connectivity index (χ3v) is 18.9. The highest BCUT2D eigenvalue weighted by Crippen LogP contribution is 2.54. The number of nitrogens with zero attached hydrogens (tertiary/aromatic N) is 2. The maximum absolute atomic E-state index is 9.75. The Kier molecular flexibility index (Phi) is 14.1. The van der Waals surface area contributed by atoms with E-state index >= 15 is 0 Å². The molecule has 0 spiro atoms. The molecule has 0 saturated heterocycles. The Hall–Kier alpha value is -9.70. The summed E-state index contributed by atoms with van der Waals surface area (Å²) >= 11 is 0. The minimum absolute atomic E-state index is 0.0694. The van der Waals surface area contributed by atoms with E-state index in [1.54, 1.807) is 0 Å². The summed E-state index contributed by atoms with van der Waals surface area (Å²) in [6, 6.07) is 97.1. The van der Waals surface area contributed by atoms with Gasteiger partial charge in [0.15, 0.2) is 0 Å². The molecule has 2 aliphatic heterocycles. The van der Waals surface area contributed by atoms with Crippen molar-refractivity contribution in [2.75, 3.05) is 9.80 Å². The number of para-hydroxylation sites is 2. The van der Waals surface area contributed by atoms with Gasteiger partial charge in [0.1, 0.15) is 0 Å². The summed E-state index contributed by atoms with van der Waals surface area (Å²) in [4.78, 5) is 5.19. The van der Waals surface area contributed by atoms with E-state index in [0.717, 1.165) is 95.3 Å². The molecule has 0 atom stereocenters. The molecule has 0 saturated carbocycles. The first-order chi connectivity index (χ1) is 44.5. The predicted octanol–water partition coefficient (Wildman–Crippen LogP) is 22.6. The van der Waals surface area contributed by atoms with Crippen LogP contribution in [0.4, 0.5) is 34.1 Å². The zero-order chi connectivity index (χ0) is 64.9. The second-order valence-corrected chi connectivity index (χ2v) is 29.2. The van der Waals surface area contributed by atoms with Crippen molar-refractivity contribution < 1.29 is 2.74 Å². The van der Waals surface area contributed by atoms with Gasteiger partial charge in [-0.1, -0.05) is 332 Å². The molecule has 2 nitrogen and oxygen atoms in total. The van der Waals surface area contributed by atoms with E-state index in [0.29, 0.717) is 12.1 Å². The van der Waals surface area contributed by atoms with Crippen LogP contribution in [0.25, 0.3) is 77.9 Å². The van der Waals surface area contributed by atoms with Gasteiger partial charge in [-0.05, 0) is 140 Å². The highest BCUT2D eigenvalue weighted by molar-refractivity contribution is 7.00. The Morgan fingerprint density at radius 3 is 0.956 bits per heavy atom. The number of fused-ring (bicyclic) bond motifs is 4. The smallest absolute Gasteiger partial charge is 0.252 e. The van der Waals surface area contributed by atoms with E-state index in [-0.39, 0.29) is 28.4 Å². The van der Waals surface area contributed by atoms with E-state index in [4.69, 9.17) is 0 Å². The average molecular weight is 1180 g/mol. The number of hydrogen-bond acceptors (Lipinski definition) is 2. The molecule has 12 aromatic carbocycles. The van der Waals surface area contributed by atoms with E-state index in [1.165, 1.54) is 55.3 Å². The largest absolute Gasteiger partial charge is 0.310 e. The molecule has 91 heavy (non-hydrogen) atoms.